The molecule has 232 valence electrons. The van der Waals surface area contributed by atoms with Crippen LogP contribution < -0.4 is 10.1 Å². The Morgan fingerprint density at radius 3 is 2.48 bits per heavy atom. The van der Waals surface area contributed by atoms with Crippen molar-refractivity contribution in [2.24, 2.45) is 0 Å². The third-order valence-corrected chi connectivity index (χ3v) is 9.84. The highest BCUT2D eigenvalue weighted by Crippen LogP contribution is 2.34. The van der Waals surface area contributed by atoms with E-state index < -0.39 is 22.1 Å². The minimum Gasteiger partial charge on any atom is -0.487 e. The molecule has 0 saturated carbocycles. The summed E-state index contributed by atoms with van der Waals surface area (Å²) in [6.07, 6.45) is 0.558. The molecule has 0 aromatic heterocycles. The molecule has 12 heteroatoms. The van der Waals surface area contributed by atoms with Crippen molar-refractivity contribution in [2.75, 3.05) is 19.0 Å². The number of nitrogens with one attached hydrogen (secondary N) is 1. The highest BCUT2D eigenvalue weighted by molar-refractivity contribution is 7.99. The number of piperidine rings is 1. The predicted octanol–water partition coefficient (Wildman–Crippen LogP) is 4.37. The number of carbonyl (C=O) groups is 3. The highest BCUT2D eigenvalue weighted by atomic mass is 32.2. The van der Waals surface area contributed by atoms with Crippen molar-refractivity contribution >= 4 is 39.6 Å². The zero-order chi connectivity index (χ0) is 31.3. The van der Waals surface area contributed by atoms with Gasteiger partial charge in [0.25, 0.3) is 5.91 Å². The maximum Gasteiger partial charge on any atom is 0.300 e. The SMILES string of the molecule is CCOS(=O)(=O)c1ccc(C)cc1OCc1ccc(COCCSc2cccc3c2CN(C2CCC(=O)NC2=O)C3=O)cc1. The first-order valence-corrected chi connectivity index (χ1v) is 16.7. The van der Waals surface area contributed by atoms with Gasteiger partial charge in [0.1, 0.15) is 23.3 Å². The summed E-state index contributed by atoms with van der Waals surface area (Å²) >= 11 is 1.60. The minimum absolute atomic E-state index is 0.00605. The topological polar surface area (TPSA) is 128 Å². The molecule has 5 rings (SSSR count). The lowest BCUT2D eigenvalue weighted by Crippen LogP contribution is -2.52. The molecular weight excluding hydrogens is 604 g/mol. The molecule has 0 spiro atoms. The lowest BCUT2D eigenvalue weighted by Gasteiger charge is -2.29. The smallest absolute Gasteiger partial charge is 0.300 e. The summed E-state index contributed by atoms with van der Waals surface area (Å²) in [5.74, 6) is 0.0242. The van der Waals surface area contributed by atoms with Crippen molar-refractivity contribution in [1.82, 2.24) is 10.2 Å². The Morgan fingerprint density at radius 2 is 1.75 bits per heavy atom. The lowest BCUT2D eigenvalue weighted by molar-refractivity contribution is -0.136. The fourth-order valence-corrected chi connectivity index (χ4v) is 7.12. The van der Waals surface area contributed by atoms with Crippen LogP contribution in [0, 0.1) is 6.92 Å². The molecule has 2 heterocycles. The molecular formula is C32H34N2O8S2. The second-order valence-corrected chi connectivity index (χ2v) is 13.2. The molecule has 0 radical (unpaired) electrons. The summed E-state index contributed by atoms with van der Waals surface area (Å²) in [7, 11) is -3.90. The Labute approximate surface area is 261 Å². The number of rotatable bonds is 13. The monoisotopic (exact) mass is 638 g/mol. The molecule has 44 heavy (non-hydrogen) atoms. The van der Waals surface area contributed by atoms with Crippen LogP contribution in [0.5, 0.6) is 5.75 Å². The van der Waals surface area contributed by atoms with Crippen LogP contribution in [0.25, 0.3) is 0 Å². The van der Waals surface area contributed by atoms with Crippen LogP contribution in [0.3, 0.4) is 0 Å². The summed E-state index contributed by atoms with van der Waals surface area (Å²) in [5, 5.41) is 2.33. The maximum absolute atomic E-state index is 13.0. The van der Waals surface area contributed by atoms with Gasteiger partial charge in [-0.2, -0.15) is 8.42 Å². The first kappa shape index (κ1) is 31.7. The number of thioether (sulfide) groups is 1. The van der Waals surface area contributed by atoms with Gasteiger partial charge < -0.3 is 14.4 Å². The zero-order valence-corrected chi connectivity index (χ0v) is 26.2. The summed E-state index contributed by atoms with van der Waals surface area (Å²) < 4.78 is 41.6. The average molecular weight is 639 g/mol. The van der Waals surface area contributed by atoms with Gasteiger partial charge in [0.2, 0.25) is 11.8 Å². The molecule has 0 aliphatic carbocycles. The summed E-state index contributed by atoms with van der Waals surface area (Å²) in [6, 6.07) is 17.6. The molecule has 0 bridgehead atoms. The van der Waals surface area contributed by atoms with E-state index in [1.165, 1.54) is 6.07 Å². The Balaban J connectivity index is 1.09. The molecule has 10 nitrogen and oxygen atoms in total. The first-order valence-electron chi connectivity index (χ1n) is 14.3. The quantitative estimate of drug-likeness (QED) is 0.126. The number of ether oxygens (including phenoxy) is 2. The number of benzene rings is 3. The second-order valence-electron chi connectivity index (χ2n) is 10.5. The van der Waals surface area contributed by atoms with Gasteiger partial charge >= 0.3 is 10.1 Å². The van der Waals surface area contributed by atoms with Crippen molar-refractivity contribution in [2.45, 2.75) is 62.3 Å². The Hall–Kier alpha value is -3.71. The fourth-order valence-electron chi connectivity index (χ4n) is 5.14. The number of hydrogen-bond acceptors (Lipinski definition) is 9. The highest BCUT2D eigenvalue weighted by Gasteiger charge is 2.39. The second kappa shape index (κ2) is 13.9. The minimum atomic E-state index is -3.90. The van der Waals surface area contributed by atoms with Gasteiger partial charge in [-0.25, -0.2) is 0 Å². The van der Waals surface area contributed by atoms with E-state index in [2.05, 4.69) is 5.32 Å². The fraction of sp³-hybridized carbons (Fsp3) is 0.344. The van der Waals surface area contributed by atoms with Gasteiger partial charge in [-0.1, -0.05) is 36.4 Å². The van der Waals surface area contributed by atoms with E-state index in [4.69, 9.17) is 13.7 Å². The van der Waals surface area contributed by atoms with Crippen LogP contribution in [-0.2, 0) is 48.4 Å². The Bertz CT molecular complexity index is 1660. The van der Waals surface area contributed by atoms with Crippen molar-refractivity contribution in [3.63, 3.8) is 0 Å². The van der Waals surface area contributed by atoms with Crippen molar-refractivity contribution < 1.29 is 36.5 Å². The molecule has 1 saturated heterocycles. The van der Waals surface area contributed by atoms with Crippen molar-refractivity contribution in [3.8, 4) is 5.75 Å². The summed E-state index contributed by atoms with van der Waals surface area (Å²) in [4.78, 5) is 39.4. The van der Waals surface area contributed by atoms with Gasteiger partial charge in [-0.05, 0) is 66.8 Å². The van der Waals surface area contributed by atoms with Gasteiger partial charge in [0.15, 0.2) is 0 Å². The van der Waals surface area contributed by atoms with Gasteiger partial charge in [-0.3, -0.25) is 23.9 Å². The molecule has 3 amide bonds. The molecule has 1 N–H and O–H groups in total. The first-order chi connectivity index (χ1) is 21.2. The van der Waals surface area contributed by atoms with E-state index in [-0.39, 0.29) is 42.1 Å². The largest absolute Gasteiger partial charge is 0.487 e. The normalized spacial score (nSPS) is 16.6. The predicted molar refractivity (Wildman–Crippen MR) is 164 cm³/mol. The maximum atomic E-state index is 13.0. The number of amides is 3. The lowest BCUT2D eigenvalue weighted by atomic mass is 10.0. The van der Waals surface area contributed by atoms with Crippen LogP contribution in [-0.4, -0.2) is 56.0 Å². The van der Waals surface area contributed by atoms with E-state index in [1.807, 2.05) is 43.3 Å². The Kier molecular flexibility index (Phi) is 10.0. The van der Waals surface area contributed by atoms with Crippen LogP contribution in [0.1, 0.15) is 52.4 Å². The molecule has 1 atom stereocenters. The standard InChI is InChI=1S/C32H34N2O8S2/c1-3-42-44(38,39)29-13-7-21(2)17-27(29)41-20-23-10-8-22(9-11-23)19-40-15-16-43-28-6-4-5-24-25(28)18-34(32(24)37)26-12-14-30(35)33-31(26)36/h4-11,13,17,26H,3,12,14-16,18-20H2,1-2H3,(H,33,35,36). The van der Waals surface area contributed by atoms with E-state index in [9.17, 15) is 22.8 Å². The summed E-state index contributed by atoms with van der Waals surface area (Å²) in [5.41, 5.74) is 4.24. The molecule has 2 aliphatic rings. The Morgan fingerprint density at radius 1 is 1.00 bits per heavy atom. The van der Waals surface area contributed by atoms with Gasteiger partial charge in [0.05, 0.1) is 19.8 Å². The molecule has 1 fully saturated rings. The molecule has 1 unspecified atom stereocenters. The number of hydrogen-bond donors (Lipinski definition) is 1. The zero-order valence-electron chi connectivity index (χ0n) is 24.5. The summed E-state index contributed by atoms with van der Waals surface area (Å²) in [6.45, 7) is 4.98. The number of fused-ring (bicyclic) bond motifs is 1. The van der Waals surface area contributed by atoms with Crippen molar-refractivity contribution in [3.05, 3.63) is 88.5 Å². The molecule has 3 aromatic rings. The van der Waals surface area contributed by atoms with E-state index in [1.54, 1.807) is 41.8 Å². The average Bonchev–Trinajstić information content (AvgIpc) is 3.33. The van der Waals surface area contributed by atoms with E-state index in [0.717, 1.165) is 27.1 Å². The third-order valence-electron chi connectivity index (χ3n) is 7.35. The number of imide groups is 1. The number of nitrogens with zero attached hydrogens (tertiary/aromatic N) is 1. The van der Waals surface area contributed by atoms with Crippen LogP contribution in [0.15, 0.2) is 70.5 Å². The van der Waals surface area contributed by atoms with E-state index >= 15 is 0 Å². The molecule has 2 aliphatic heterocycles. The van der Waals surface area contributed by atoms with Crippen LogP contribution in [0.2, 0.25) is 0 Å². The van der Waals surface area contributed by atoms with Crippen LogP contribution >= 0.6 is 11.8 Å². The van der Waals surface area contributed by atoms with Crippen molar-refractivity contribution in [1.29, 1.82) is 0 Å². The van der Waals surface area contributed by atoms with Gasteiger partial charge in [0, 0.05) is 29.2 Å². The number of carbonyl (C=O) groups excluding carboxylic acids is 3. The van der Waals surface area contributed by atoms with Crippen LogP contribution in [0.4, 0.5) is 0 Å². The molecule has 3 aromatic carbocycles. The third kappa shape index (κ3) is 7.32. The van der Waals surface area contributed by atoms with E-state index in [0.29, 0.717) is 37.5 Å². The van der Waals surface area contributed by atoms with Gasteiger partial charge in [-0.15, -0.1) is 11.8 Å². The number of aryl methyl sites for hydroxylation is 1.